The zero-order valence-electron chi connectivity index (χ0n) is 26.2. The van der Waals surface area contributed by atoms with Gasteiger partial charge in [0.2, 0.25) is 0 Å². The van der Waals surface area contributed by atoms with Gasteiger partial charge in [-0.05, 0) is 0 Å². The molecule has 6 aromatic rings. The second kappa shape index (κ2) is 10.8. The maximum atomic E-state index is 6.42. The molecule has 0 fully saturated rings. The molecule has 45 heavy (non-hydrogen) atoms. The van der Waals surface area contributed by atoms with Crippen LogP contribution in [-0.2, 0) is 0 Å². The summed E-state index contributed by atoms with van der Waals surface area (Å²) in [7, 11) is 0. The van der Waals surface area contributed by atoms with Gasteiger partial charge in [0.25, 0.3) is 0 Å². The molecule has 2 nitrogen and oxygen atoms in total. The van der Waals surface area contributed by atoms with E-state index in [9.17, 15) is 0 Å². The van der Waals surface area contributed by atoms with Crippen LogP contribution in [0.25, 0.3) is 45.6 Å². The average molecular weight is 645 g/mol. The third-order valence-electron chi connectivity index (χ3n) is 9.83. The van der Waals surface area contributed by atoms with Gasteiger partial charge in [-0.1, -0.05) is 0 Å². The van der Waals surface area contributed by atoms with Gasteiger partial charge in [0.05, 0.1) is 0 Å². The molecular formula is C42H36GeO2. The van der Waals surface area contributed by atoms with E-state index in [0.29, 0.717) is 0 Å². The summed E-state index contributed by atoms with van der Waals surface area (Å²) in [5.41, 5.74) is 13.2. The molecule has 0 amide bonds. The van der Waals surface area contributed by atoms with Crippen LogP contribution in [-0.4, -0.2) is 13.3 Å². The van der Waals surface area contributed by atoms with E-state index in [0.717, 1.165) is 23.0 Å². The van der Waals surface area contributed by atoms with E-state index in [1.54, 1.807) is 0 Å². The van der Waals surface area contributed by atoms with E-state index >= 15 is 0 Å². The van der Waals surface area contributed by atoms with Crippen LogP contribution in [0.5, 0.6) is 0 Å². The number of aryl methyl sites for hydroxylation is 2. The summed E-state index contributed by atoms with van der Waals surface area (Å²) in [5, 5.41) is 0. The molecular weight excluding hydrogens is 609 g/mol. The summed E-state index contributed by atoms with van der Waals surface area (Å²) in [6.07, 6.45) is 4.87. The Morgan fingerprint density at radius 3 is 1.27 bits per heavy atom. The second-order valence-corrected chi connectivity index (χ2v) is 23.1. The number of benzene rings is 4. The maximum absolute atomic E-state index is 6.42. The van der Waals surface area contributed by atoms with Gasteiger partial charge in [0.15, 0.2) is 0 Å². The van der Waals surface area contributed by atoms with Crippen molar-refractivity contribution in [2.24, 2.45) is 0 Å². The van der Waals surface area contributed by atoms with Gasteiger partial charge in [-0.2, -0.15) is 0 Å². The number of allylic oxidation sites excluding steroid dienone is 2. The minimum absolute atomic E-state index is 0.269. The van der Waals surface area contributed by atoms with Crippen LogP contribution < -0.4 is 0 Å². The molecule has 0 spiro atoms. The summed E-state index contributed by atoms with van der Waals surface area (Å²) in [4.78, 5) is 0. The molecule has 2 aromatic heterocycles. The molecule has 2 unspecified atom stereocenters. The van der Waals surface area contributed by atoms with E-state index in [-0.39, 0.29) is 9.50 Å². The molecule has 2 aliphatic rings. The quantitative estimate of drug-likeness (QED) is 0.169. The molecule has 0 saturated heterocycles. The van der Waals surface area contributed by atoms with Crippen molar-refractivity contribution < 1.29 is 8.83 Å². The van der Waals surface area contributed by atoms with Crippen molar-refractivity contribution in [3.63, 3.8) is 0 Å². The molecule has 220 valence electrons. The fourth-order valence-corrected chi connectivity index (χ4v) is 17.3. The number of furan rings is 2. The Hall–Kier alpha value is -4.54. The monoisotopic (exact) mass is 646 g/mol. The zero-order chi connectivity index (χ0) is 30.7. The molecule has 0 N–H and O–H groups in total. The van der Waals surface area contributed by atoms with Gasteiger partial charge in [-0.25, -0.2) is 0 Å². The third kappa shape index (κ3) is 4.62. The van der Waals surface area contributed by atoms with E-state index in [2.05, 4.69) is 145 Å². The van der Waals surface area contributed by atoms with Crippen LogP contribution in [0.1, 0.15) is 54.8 Å². The predicted octanol–water partition coefficient (Wildman–Crippen LogP) is 11.6. The Morgan fingerprint density at radius 2 is 0.889 bits per heavy atom. The van der Waals surface area contributed by atoms with Gasteiger partial charge >= 0.3 is 269 Å². The summed E-state index contributed by atoms with van der Waals surface area (Å²) < 4.78 is 13.4. The SMILES string of the molecule is Cc1ccc(C2=Cc3c(-c4ccccc4)cccc3[CH]2[Ge]([CH3])([CH3])[CH]2C(c3ccc(C)o3)=Cc3c(-c4ccccc4)cccc32)o1. The van der Waals surface area contributed by atoms with Gasteiger partial charge in [0, 0.05) is 0 Å². The molecule has 8 rings (SSSR count). The fourth-order valence-electron chi connectivity index (χ4n) is 7.92. The van der Waals surface area contributed by atoms with Crippen molar-refractivity contribution in [2.45, 2.75) is 34.9 Å². The van der Waals surface area contributed by atoms with E-state index < -0.39 is 13.3 Å². The van der Waals surface area contributed by atoms with Crippen LogP contribution in [0, 0.1) is 13.8 Å². The van der Waals surface area contributed by atoms with E-state index in [4.69, 9.17) is 8.83 Å². The topological polar surface area (TPSA) is 26.3 Å². The molecule has 4 aromatic carbocycles. The molecule has 0 radical (unpaired) electrons. The number of rotatable bonds is 6. The first-order chi connectivity index (χ1) is 21.9. The minimum atomic E-state index is -3.04. The van der Waals surface area contributed by atoms with Gasteiger partial charge < -0.3 is 0 Å². The molecule has 2 heterocycles. The Balaban J connectivity index is 1.35. The number of hydrogen-bond acceptors (Lipinski definition) is 2. The predicted molar refractivity (Wildman–Crippen MR) is 189 cm³/mol. The summed E-state index contributed by atoms with van der Waals surface area (Å²) in [6.45, 7) is 4.09. The van der Waals surface area contributed by atoms with Gasteiger partial charge in [0.1, 0.15) is 0 Å². The van der Waals surface area contributed by atoms with Gasteiger partial charge in [-0.3, -0.25) is 0 Å². The van der Waals surface area contributed by atoms with E-state index in [1.807, 2.05) is 13.8 Å². The van der Waals surface area contributed by atoms with Crippen molar-refractivity contribution in [1.29, 1.82) is 0 Å². The van der Waals surface area contributed by atoms with Gasteiger partial charge in [-0.15, -0.1) is 0 Å². The first kappa shape index (κ1) is 28.0. The van der Waals surface area contributed by atoms with Crippen LogP contribution >= 0.6 is 0 Å². The fraction of sp³-hybridized carbons (Fsp3) is 0.143. The van der Waals surface area contributed by atoms with Crippen molar-refractivity contribution in [2.75, 3.05) is 0 Å². The Labute approximate surface area is 268 Å². The third-order valence-corrected chi connectivity index (χ3v) is 18.7. The Morgan fingerprint density at radius 1 is 0.467 bits per heavy atom. The molecule has 2 atom stereocenters. The van der Waals surface area contributed by atoms with E-state index in [1.165, 1.54) is 55.7 Å². The average Bonchev–Trinajstić information content (AvgIpc) is 3.85. The molecule has 3 heteroatoms. The second-order valence-electron chi connectivity index (χ2n) is 13.1. The Bertz CT molecular complexity index is 1960. The van der Waals surface area contributed by atoms with Crippen molar-refractivity contribution >= 4 is 36.6 Å². The van der Waals surface area contributed by atoms with Crippen LogP contribution in [0.15, 0.2) is 130 Å². The normalized spacial score (nSPS) is 17.2. The Kier molecular flexibility index (Phi) is 6.72. The van der Waals surface area contributed by atoms with Crippen molar-refractivity contribution in [3.8, 4) is 22.3 Å². The first-order valence-electron chi connectivity index (χ1n) is 15.8. The number of hydrogen-bond donors (Lipinski definition) is 0. The first-order valence-corrected chi connectivity index (χ1v) is 22.5. The van der Waals surface area contributed by atoms with Crippen molar-refractivity contribution in [3.05, 3.63) is 167 Å². The summed E-state index contributed by atoms with van der Waals surface area (Å²) in [5.74, 6) is 9.11. The molecule has 0 saturated carbocycles. The van der Waals surface area contributed by atoms with Crippen LogP contribution in [0.2, 0.25) is 11.5 Å². The molecule has 0 bridgehead atoms. The number of fused-ring (bicyclic) bond motifs is 2. The summed E-state index contributed by atoms with van der Waals surface area (Å²) >= 11 is -3.04. The molecule has 2 aliphatic carbocycles. The van der Waals surface area contributed by atoms with Crippen LogP contribution in [0.4, 0.5) is 0 Å². The van der Waals surface area contributed by atoms with Crippen LogP contribution in [0.3, 0.4) is 0 Å². The molecule has 0 aliphatic heterocycles. The zero-order valence-corrected chi connectivity index (χ0v) is 28.3. The standard InChI is InChI=1S/C42H36GeO2/c1-27-21-23-39(44-27)37-25-35-31(29-13-7-5-8-14-29)17-11-19-33(35)41(37)43(3,4)42-34-20-12-18-32(30-15-9-6-10-16-30)36(34)26-38(42)40-24-22-28(2)45-40/h5-26,41-42H,1-4H3. The van der Waals surface area contributed by atoms with Crippen molar-refractivity contribution in [1.82, 2.24) is 0 Å². The summed E-state index contributed by atoms with van der Waals surface area (Å²) in [6, 6.07) is 43.9.